The fourth-order valence-corrected chi connectivity index (χ4v) is 6.99. The van der Waals surface area contributed by atoms with Crippen LogP contribution in [0, 0.1) is 0 Å². The van der Waals surface area contributed by atoms with E-state index in [0.717, 1.165) is 49.5 Å². The van der Waals surface area contributed by atoms with Crippen LogP contribution >= 0.6 is 0 Å². The number of hydrogen-bond acceptors (Lipinski definition) is 8. The first-order chi connectivity index (χ1) is 18.5. The number of amides is 1. The van der Waals surface area contributed by atoms with E-state index in [9.17, 15) is 4.79 Å². The molecular weight excluding hydrogens is 476 g/mol. The number of pyridine rings is 1. The highest BCUT2D eigenvalue weighted by atomic mass is 16.2. The summed E-state index contributed by atoms with van der Waals surface area (Å²) in [5, 5.41) is 6.48. The molecule has 202 valence electrons. The summed E-state index contributed by atoms with van der Waals surface area (Å²) in [6.45, 7) is 10.7. The zero-order chi connectivity index (χ0) is 26.3. The first-order valence-electron chi connectivity index (χ1n) is 14.3. The van der Waals surface area contributed by atoms with Crippen LogP contribution in [0.2, 0.25) is 0 Å². The second-order valence-electron chi connectivity index (χ2n) is 11.5. The van der Waals surface area contributed by atoms with E-state index >= 15 is 0 Å². The molecule has 2 aromatic rings. The summed E-state index contributed by atoms with van der Waals surface area (Å²) in [6, 6.07) is 4.85. The number of carbonyl (C=O) groups is 1. The van der Waals surface area contributed by atoms with Crippen LogP contribution in [-0.2, 0) is 4.79 Å². The Kier molecular flexibility index (Phi) is 6.72. The monoisotopic (exact) mass is 516 g/mol. The third-order valence-corrected chi connectivity index (χ3v) is 8.85. The number of anilines is 4. The lowest BCUT2D eigenvalue weighted by Crippen LogP contribution is -2.69. The Morgan fingerprint density at radius 1 is 1.08 bits per heavy atom. The van der Waals surface area contributed by atoms with Gasteiger partial charge in [0.15, 0.2) is 0 Å². The molecule has 3 aliphatic heterocycles. The molecule has 1 aliphatic carbocycles. The number of carbonyl (C=O) groups excluding carboxylic acids is 1. The maximum atomic E-state index is 12.8. The van der Waals surface area contributed by atoms with E-state index in [4.69, 9.17) is 9.97 Å². The van der Waals surface area contributed by atoms with Gasteiger partial charge in [-0.15, -0.1) is 0 Å². The second kappa shape index (κ2) is 10.2. The molecule has 2 N–H and O–H groups in total. The Bertz CT molecular complexity index is 1180. The Morgan fingerprint density at radius 3 is 2.58 bits per heavy atom. The van der Waals surface area contributed by atoms with Gasteiger partial charge < -0.3 is 20.4 Å². The number of nitrogens with zero attached hydrogens (tertiary/aromatic N) is 6. The minimum absolute atomic E-state index is 0.0487. The van der Waals surface area contributed by atoms with Crippen molar-refractivity contribution < 1.29 is 4.79 Å². The molecule has 1 amide bonds. The van der Waals surface area contributed by atoms with Gasteiger partial charge in [-0.05, 0) is 51.8 Å². The number of piperazine rings is 2. The van der Waals surface area contributed by atoms with Gasteiger partial charge in [-0.25, -0.2) is 9.97 Å². The number of rotatable bonds is 5. The third-order valence-electron chi connectivity index (χ3n) is 8.85. The maximum Gasteiger partial charge on any atom is 0.246 e. The molecule has 3 unspecified atom stereocenters. The van der Waals surface area contributed by atoms with Crippen molar-refractivity contribution in [1.29, 1.82) is 0 Å². The normalized spacial score (nSPS) is 26.6. The Hall–Kier alpha value is -3.20. The largest absolute Gasteiger partial charge is 0.367 e. The molecule has 3 fully saturated rings. The van der Waals surface area contributed by atoms with E-state index in [1.807, 2.05) is 30.6 Å². The molecule has 0 aromatic carbocycles. The van der Waals surface area contributed by atoms with Crippen LogP contribution in [0.15, 0.2) is 30.6 Å². The molecule has 5 heterocycles. The quantitative estimate of drug-likeness (QED) is 0.617. The Morgan fingerprint density at radius 2 is 1.87 bits per heavy atom. The molecule has 1 saturated carbocycles. The second-order valence-corrected chi connectivity index (χ2v) is 11.5. The molecule has 0 radical (unpaired) electrons. The predicted octanol–water partition coefficient (Wildman–Crippen LogP) is 3.96. The average molecular weight is 517 g/mol. The molecule has 0 bridgehead atoms. The summed E-state index contributed by atoms with van der Waals surface area (Å²) in [6.07, 6.45) is 14.7. The maximum absolute atomic E-state index is 12.8. The van der Waals surface area contributed by atoms with Crippen molar-refractivity contribution in [2.45, 2.75) is 83.0 Å². The summed E-state index contributed by atoms with van der Waals surface area (Å²) in [5.74, 6) is 2.11. The van der Waals surface area contributed by atoms with Crippen LogP contribution in [0.25, 0.3) is 6.08 Å². The average Bonchev–Trinajstić information content (AvgIpc) is 2.93. The van der Waals surface area contributed by atoms with E-state index in [-0.39, 0.29) is 17.5 Å². The predicted molar refractivity (Wildman–Crippen MR) is 152 cm³/mol. The first kappa shape index (κ1) is 25.1. The van der Waals surface area contributed by atoms with E-state index < -0.39 is 0 Å². The van der Waals surface area contributed by atoms with Crippen molar-refractivity contribution in [3.8, 4) is 0 Å². The molecule has 3 atom stereocenters. The first-order valence-corrected chi connectivity index (χ1v) is 14.3. The summed E-state index contributed by atoms with van der Waals surface area (Å²) in [7, 11) is 0. The SMILES string of the molecule is CCCN1C(C)CN(c2ccc(Nc3ncc4c(n3)N3C(C=C4)C(=O)NCC34CCCCC4)nc2)CC1C. The molecule has 9 nitrogen and oxygen atoms in total. The minimum atomic E-state index is -0.322. The van der Waals surface area contributed by atoms with E-state index in [1.165, 1.54) is 25.7 Å². The van der Waals surface area contributed by atoms with Crippen LogP contribution in [0.1, 0.15) is 64.9 Å². The molecule has 2 saturated heterocycles. The van der Waals surface area contributed by atoms with Gasteiger partial charge in [0.25, 0.3) is 0 Å². The highest BCUT2D eigenvalue weighted by Crippen LogP contribution is 2.43. The van der Waals surface area contributed by atoms with Crippen LogP contribution in [0.3, 0.4) is 0 Å². The number of aromatic nitrogens is 3. The Balaban J connectivity index is 1.21. The third kappa shape index (κ3) is 4.51. The van der Waals surface area contributed by atoms with Crippen LogP contribution in [0.4, 0.5) is 23.3 Å². The van der Waals surface area contributed by atoms with Crippen molar-refractivity contribution in [3.05, 3.63) is 36.2 Å². The van der Waals surface area contributed by atoms with Crippen LogP contribution < -0.4 is 20.4 Å². The van der Waals surface area contributed by atoms with Crippen molar-refractivity contribution in [1.82, 2.24) is 25.2 Å². The zero-order valence-electron chi connectivity index (χ0n) is 22.9. The number of nitrogens with one attached hydrogen (secondary N) is 2. The number of fused-ring (bicyclic) bond motifs is 4. The summed E-state index contributed by atoms with van der Waals surface area (Å²) >= 11 is 0. The smallest absolute Gasteiger partial charge is 0.246 e. The minimum Gasteiger partial charge on any atom is -0.367 e. The highest BCUT2D eigenvalue weighted by Gasteiger charge is 2.49. The summed E-state index contributed by atoms with van der Waals surface area (Å²) in [4.78, 5) is 34.4. The van der Waals surface area contributed by atoms with Gasteiger partial charge in [0.1, 0.15) is 17.7 Å². The highest BCUT2D eigenvalue weighted by molar-refractivity contribution is 5.93. The molecule has 38 heavy (non-hydrogen) atoms. The van der Waals surface area contributed by atoms with Gasteiger partial charge >= 0.3 is 0 Å². The standard InChI is InChI=1S/C29H40N8O/c1-4-14-36-20(2)17-35(18-21(36)3)23-9-11-25(30-16-23)33-28-31-15-22-8-10-24-27(38)32-19-29(12-6-5-7-13-29)37(24)26(22)34-28/h8-11,15-16,20-21,24H,4-7,12-14,17-19H2,1-3H3,(H,32,38)(H,30,31,33,34). The summed E-state index contributed by atoms with van der Waals surface area (Å²) in [5.41, 5.74) is 2.01. The van der Waals surface area contributed by atoms with Crippen LogP contribution in [-0.4, -0.2) is 75.6 Å². The van der Waals surface area contributed by atoms with Gasteiger partial charge in [-0.2, -0.15) is 4.98 Å². The Labute approximate surface area is 225 Å². The molecule has 6 rings (SSSR count). The van der Waals surface area contributed by atoms with Crippen molar-refractivity contribution in [2.24, 2.45) is 0 Å². The van der Waals surface area contributed by atoms with Gasteiger partial charge in [0.2, 0.25) is 11.9 Å². The van der Waals surface area contributed by atoms with Crippen LogP contribution in [0.5, 0.6) is 0 Å². The molecule has 4 aliphatic rings. The lowest BCUT2D eigenvalue weighted by atomic mass is 9.77. The fraction of sp³-hybridized carbons (Fsp3) is 0.586. The zero-order valence-corrected chi connectivity index (χ0v) is 22.9. The lowest BCUT2D eigenvalue weighted by Gasteiger charge is -2.54. The van der Waals surface area contributed by atoms with Crippen molar-refractivity contribution >= 4 is 35.3 Å². The molecule has 2 aromatic heterocycles. The van der Waals surface area contributed by atoms with Gasteiger partial charge in [0, 0.05) is 43.5 Å². The molecular formula is C29H40N8O. The molecule has 1 spiro atoms. The van der Waals surface area contributed by atoms with Crippen molar-refractivity contribution in [3.63, 3.8) is 0 Å². The van der Waals surface area contributed by atoms with E-state index in [0.29, 0.717) is 30.4 Å². The van der Waals surface area contributed by atoms with Gasteiger partial charge in [-0.3, -0.25) is 9.69 Å². The fourth-order valence-electron chi connectivity index (χ4n) is 6.99. The van der Waals surface area contributed by atoms with E-state index in [1.54, 1.807) is 0 Å². The lowest BCUT2D eigenvalue weighted by molar-refractivity contribution is -0.123. The molecule has 9 heteroatoms. The number of hydrogen-bond donors (Lipinski definition) is 2. The topological polar surface area (TPSA) is 89.5 Å². The van der Waals surface area contributed by atoms with Crippen molar-refractivity contribution in [2.75, 3.05) is 41.3 Å². The van der Waals surface area contributed by atoms with Gasteiger partial charge in [0.05, 0.1) is 17.4 Å². The summed E-state index contributed by atoms with van der Waals surface area (Å²) < 4.78 is 0. The van der Waals surface area contributed by atoms with E-state index in [2.05, 4.69) is 57.2 Å². The van der Waals surface area contributed by atoms with Gasteiger partial charge in [-0.1, -0.05) is 38.3 Å².